The minimum atomic E-state index is -3.09. The first kappa shape index (κ1) is 19.4. The van der Waals surface area contributed by atoms with E-state index >= 15 is 0 Å². The summed E-state index contributed by atoms with van der Waals surface area (Å²) in [5.41, 5.74) is 2.37. The Kier molecular flexibility index (Phi) is 5.27. The maximum atomic E-state index is 12.7. The van der Waals surface area contributed by atoms with E-state index in [0.717, 1.165) is 16.7 Å². The molecule has 1 unspecified atom stereocenters. The lowest BCUT2D eigenvalue weighted by Crippen LogP contribution is -2.49. The summed E-state index contributed by atoms with van der Waals surface area (Å²) in [5, 5.41) is 5.55. The number of aryl methyl sites for hydroxylation is 3. The van der Waals surface area contributed by atoms with E-state index in [0.29, 0.717) is 12.1 Å². The first-order chi connectivity index (χ1) is 11.4. The van der Waals surface area contributed by atoms with Gasteiger partial charge in [-0.2, -0.15) is 0 Å². The van der Waals surface area contributed by atoms with Crippen molar-refractivity contribution < 1.29 is 18.0 Å². The van der Waals surface area contributed by atoms with Crippen molar-refractivity contribution in [1.29, 1.82) is 0 Å². The second kappa shape index (κ2) is 6.78. The zero-order valence-electron chi connectivity index (χ0n) is 15.4. The third-order valence-corrected chi connectivity index (χ3v) is 6.39. The Balaban J connectivity index is 2.11. The van der Waals surface area contributed by atoms with Crippen molar-refractivity contribution in [2.75, 3.05) is 16.8 Å². The number of anilines is 1. The molecule has 2 N–H and O–H groups in total. The molecule has 0 spiro atoms. The summed E-state index contributed by atoms with van der Waals surface area (Å²) in [6, 6.07) is 3.52. The molecular weight excluding hydrogens is 340 g/mol. The molecule has 0 bridgehead atoms. The lowest BCUT2D eigenvalue weighted by Gasteiger charge is -2.25. The van der Waals surface area contributed by atoms with Crippen molar-refractivity contribution in [2.45, 2.75) is 47.1 Å². The maximum absolute atomic E-state index is 12.7. The Morgan fingerprint density at radius 3 is 2.12 bits per heavy atom. The molecule has 0 saturated carbocycles. The number of sulfone groups is 1. The van der Waals surface area contributed by atoms with Crippen LogP contribution in [-0.4, -0.2) is 37.8 Å². The average Bonchev–Trinajstić information content (AvgIpc) is 2.81. The first-order valence-electron chi connectivity index (χ1n) is 8.33. The van der Waals surface area contributed by atoms with Crippen molar-refractivity contribution in [3.63, 3.8) is 0 Å². The van der Waals surface area contributed by atoms with Crippen molar-refractivity contribution in [1.82, 2.24) is 5.32 Å². The fraction of sp³-hybridized carbons (Fsp3) is 0.556. The van der Waals surface area contributed by atoms with E-state index in [1.54, 1.807) is 13.8 Å². The van der Waals surface area contributed by atoms with Gasteiger partial charge < -0.3 is 10.6 Å². The summed E-state index contributed by atoms with van der Waals surface area (Å²) >= 11 is 0. The molecule has 1 saturated heterocycles. The topological polar surface area (TPSA) is 92.3 Å². The number of rotatable bonds is 4. The van der Waals surface area contributed by atoms with Gasteiger partial charge in [-0.1, -0.05) is 17.7 Å². The fourth-order valence-electron chi connectivity index (χ4n) is 3.02. The predicted molar refractivity (Wildman–Crippen MR) is 98.3 cm³/mol. The summed E-state index contributed by atoms with van der Waals surface area (Å²) in [5.74, 6) is -0.866. The number of amides is 2. The largest absolute Gasteiger partial charge is 0.351 e. The van der Waals surface area contributed by atoms with E-state index in [1.165, 1.54) is 0 Å². The van der Waals surface area contributed by atoms with Gasteiger partial charge in [0.1, 0.15) is 5.41 Å². The zero-order chi connectivity index (χ0) is 19.0. The number of nitrogens with one attached hydrogen (secondary N) is 2. The minimum Gasteiger partial charge on any atom is -0.351 e. The number of carbonyl (C=O) groups is 2. The van der Waals surface area contributed by atoms with Gasteiger partial charge in [0.25, 0.3) is 0 Å². The molecule has 1 aliphatic heterocycles. The Hall–Kier alpha value is -1.89. The highest BCUT2D eigenvalue weighted by molar-refractivity contribution is 7.91. The summed E-state index contributed by atoms with van der Waals surface area (Å²) in [6.45, 7) is 8.89. The number of hydrogen-bond donors (Lipinski definition) is 2. The molecule has 25 heavy (non-hydrogen) atoms. The Morgan fingerprint density at radius 2 is 1.64 bits per heavy atom. The molecule has 0 radical (unpaired) electrons. The van der Waals surface area contributed by atoms with Crippen LogP contribution in [0, 0.1) is 26.2 Å². The smallest absolute Gasteiger partial charge is 0.239 e. The molecule has 2 rings (SSSR count). The van der Waals surface area contributed by atoms with Gasteiger partial charge in [0, 0.05) is 11.7 Å². The summed E-state index contributed by atoms with van der Waals surface area (Å²) in [4.78, 5) is 25.2. The van der Waals surface area contributed by atoms with Crippen LogP contribution in [0.4, 0.5) is 5.69 Å². The molecule has 1 aromatic carbocycles. The molecule has 1 fully saturated rings. The molecule has 1 aromatic rings. The van der Waals surface area contributed by atoms with Gasteiger partial charge in [0.05, 0.1) is 11.5 Å². The molecule has 0 aliphatic carbocycles. The van der Waals surface area contributed by atoms with Crippen LogP contribution in [0.15, 0.2) is 12.1 Å². The third-order valence-electron chi connectivity index (χ3n) is 4.62. The van der Waals surface area contributed by atoms with E-state index in [4.69, 9.17) is 0 Å². The van der Waals surface area contributed by atoms with Crippen molar-refractivity contribution in [2.24, 2.45) is 5.41 Å². The van der Waals surface area contributed by atoms with E-state index in [2.05, 4.69) is 10.6 Å². The molecule has 2 amide bonds. The van der Waals surface area contributed by atoms with E-state index in [1.807, 2.05) is 32.9 Å². The summed E-state index contributed by atoms with van der Waals surface area (Å²) in [7, 11) is -3.09. The summed E-state index contributed by atoms with van der Waals surface area (Å²) in [6.07, 6.45) is 0.391. The van der Waals surface area contributed by atoms with E-state index in [-0.39, 0.29) is 11.5 Å². The van der Waals surface area contributed by atoms with Gasteiger partial charge in [-0.3, -0.25) is 9.59 Å². The molecule has 1 atom stereocenters. The van der Waals surface area contributed by atoms with Gasteiger partial charge in [-0.05, 0) is 52.2 Å². The lowest BCUT2D eigenvalue weighted by atomic mass is 9.90. The molecule has 6 nitrogen and oxygen atoms in total. The van der Waals surface area contributed by atoms with Gasteiger partial charge in [-0.25, -0.2) is 8.42 Å². The van der Waals surface area contributed by atoms with Crippen LogP contribution in [0.2, 0.25) is 0 Å². The fourth-order valence-corrected chi connectivity index (χ4v) is 4.70. The average molecular weight is 366 g/mol. The van der Waals surface area contributed by atoms with Crippen LogP contribution in [0.1, 0.15) is 37.0 Å². The van der Waals surface area contributed by atoms with Crippen molar-refractivity contribution >= 4 is 27.3 Å². The highest BCUT2D eigenvalue weighted by Gasteiger charge is 2.39. The monoisotopic (exact) mass is 366 g/mol. The molecule has 138 valence electrons. The summed E-state index contributed by atoms with van der Waals surface area (Å²) < 4.78 is 23.0. The zero-order valence-corrected chi connectivity index (χ0v) is 16.2. The Morgan fingerprint density at radius 1 is 1.08 bits per heavy atom. The number of carbonyl (C=O) groups excluding carboxylic acids is 2. The number of hydrogen-bond acceptors (Lipinski definition) is 4. The second-order valence-corrected chi connectivity index (χ2v) is 9.65. The third kappa shape index (κ3) is 4.39. The second-order valence-electron chi connectivity index (χ2n) is 7.43. The van der Waals surface area contributed by atoms with E-state index < -0.39 is 33.1 Å². The quantitative estimate of drug-likeness (QED) is 0.796. The molecule has 7 heteroatoms. The van der Waals surface area contributed by atoms with Gasteiger partial charge in [0.15, 0.2) is 9.84 Å². The molecule has 0 aromatic heterocycles. The predicted octanol–water partition coefficient (Wildman–Crippen LogP) is 1.88. The van der Waals surface area contributed by atoms with Gasteiger partial charge in [0.2, 0.25) is 11.8 Å². The SMILES string of the molecule is Cc1cc(C)c(NC(=O)C(C)(C)C(=O)NC2CCS(=O)(=O)C2)c(C)c1. The Bertz CT molecular complexity index is 789. The van der Waals surface area contributed by atoms with Crippen LogP contribution in [0.3, 0.4) is 0 Å². The van der Waals surface area contributed by atoms with Crippen molar-refractivity contribution in [3.8, 4) is 0 Å². The van der Waals surface area contributed by atoms with Crippen LogP contribution in [0.25, 0.3) is 0 Å². The van der Waals surface area contributed by atoms with Crippen LogP contribution in [-0.2, 0) is 19.4 Å². The Labute approximate surface area is 149 Å². The van der Waals surface area contributed by atoms with E-state index in [9.17, 15) is 18.0 Å². The van der Waals surface area contributed by atoms with Crippen molar-refractivity contribution in [3.05, 3.63) is 28.8 Å². The maximum Gasteiger partial charge on any atom is 0.239 e. The van der Waals surface area contributed by atoms with Crippen LogP contribution in [0.5, 0.6) is 0 Å². The standard InChI is InChI=1S/C18H26N2O4S/c1-11-8-12(2)15(13(3)9-11)20-17(22)18(4,5)16(21)19-14-6-7-25(23,24)10-14/h8-9,14H,6-7,10H2,1-5H3,(H,19,21)(H,20,22). The molecule has 1 aliphatic rings. The highest BCUT2D eigenvalue weighted by Crippen LogP contribution is 2.26. The normalized spacial score (nSPS) is 19.5. The highest BCUT2D eigenvalue weighted by atomic mass is 32.2. The van der Waals surface area contributed by atoms with Gasteiger partial charge in [-0.15, -0.1) is 0 Å². The lowest BCUT2D eigenvalue weighted by molar-refractivity contribution is -0.138. The first-order valence-corrected chi connectivity index (χ1v) is 10.2. The molecule has 1 heterocycles. The minimum absolute atomic E-state index is 0.0629. The molecular formula is C18H26N2O4S. The van der Waals surface area contributed by atoms with Gasteiger partial charge >= 0.3 is 0 Å². The number of benzene rings is 1. The van der Waals surface area contributed by atoms with Crippen LogP contribution < -0.4 is 10.6 Å². The van der Waals surface area contributed by atoms with Crippen LogP contribution >= 0.6 is 0 Å².